The van der Waals surface area contributed by atoms with E-state index >= 15 is 0 Å². The van der Waals surface area contributed by atoms with E-state index in [0.29, 0.717) is 21.1 Å². The molecule has 1 amide bonds. The predicted molar refractivity (Wildman–Crippen MR) is 121 cm³/mol. The second-order valence-electron chi connectivity index (χ2n) is 6.71. The van der Waals surface area contributed by atoms with Crippen LogP contribution < -0.4 is 10.9 Å². The Morgan fingerprint density at radius 1 is 1.17 bits per heavy atom. The molecule has 152 valence electrons. The molecule has 0 saturated carbocycles. The number of nitrogens with one attached hydrogen (secondary N) is 2. The molecule has 0 aliphatic carbocycles. The molecule has 0 spiro atoms. The molecule has 8 heteroatoms. The third-order valence-electron chi connectivity index (χ3n) is 4.55. The van der Waals surface area contributed by atoms with Gasteiger partial charge in [0.2, 0.25) is 5.91 Å². The number of aromatic amines is 1. The van der Waals surface area contributed by atoms with Gasteiger partial charge in [0, 0.05) is 16.1 Å². The van der Waals surface area contributed by atoms with Crippen LogP contribution in [0.5, 0.6) is 0 Å². The summed E-state index contributed by atoms with van der Waals surface area (Å²) < 4.78 is 13.0. The summed E-state index contributed by atoms with van der Waals surface area (Å²) in [6.07, 6.45) is 0. The average Bonchev–Trinajstić information content (AvgIpc) is 3.06. The van der Waals surface area contributed by atoms with Crippen LogP contribution in [-0.4, -0.2) is 21.1 Å². The molecule has 2 N–H and O–H groups in total. The molecule has 5 nitrogen and oxygen atoms in total. The highest BCUT2D eigenvalue weighted by atomic mass is 32.2. The summed E-state index contributed by atoms with van der Waals surface area (Å²) in [5.74, 6) is -0.631. The summed E-state index contributed by atoms with van der Waals surface area (Å²) in [6, 6.07) is 15.3. The van der Waals surface area contributed by atoms with Crippen molar-refractivity contribution in [2.45, 2.75) is 24.3 Å². The molecule has 0 fully saturated rings. The molecule has 0 aliphatic rings. The van der Waals surface area contributed by atoms with Gasteiger partial charge in [-0.05, 0) is 43.7 Å². The summed E-state index contributed by atoms with van der Waals surface area (Å²) in [6.45, 7) is 3.70. The Bertz CT molecular complexity index is 1270. The maximum absolute atomic E-state index is 13.0. The van der Waals surface area contributed by atoms with E-state index in [1.165, 1.54) is 47.4 Å². The van der Waals surface area contributed by atoms with Gasteiger partial charge in [-0.1, -0.05) is 42.1 Å². The number of hydrogen-bond donors (Lipinski definition) is 2. The van der Waals surface area contributed by atoms with Crippen molar-refractivity contribution in [1.82, 2.24) is 9.97 Å². The van der Waals surface area contributed by atoms with E-state index in [1.54, 1.807) is 6.92 Å². The first-order valence-corrected chi connectivity index (χ1v) is 10.9. The Morgan fingerprint density at radius 2 is 1.87 bits per heavy atom. The van der Waals surface area contributed by atoms with Crippen LogP contribution in [0.4, 0.5) is 10.1 Å². The molecule has 0 bridgehead atoms. The first-order chi connectivity index (χ1) is 14.4. The minimum atomic E-state index is -0.509. The lowest BCUT2D eigenvalue weighted by Crippen LogP contribution is -2.23. The van der Waals surface area contributed by atoms with Gasteiger partial charge in [-0.25, -0.2) is 9.37 Å². The number of carbonyl (C=O) groups excluding carboxylic acids is 1. The van der Waals surface area contributed by atoms with Gasteiger partial charge in [-0.3, -0.25) is 9.59 Å². The van der Waals surface area contributed by atoms with Crippen LogP contribution in [0.15, 0.2) is 64.5 Å². The quantitative estimate of drug-likeness (QED) is 0.330. The van der Waals surface area contributed by atoms with Crippen LogP contribution in [0.2, 0.25) is 0 Å². The van der Waals surface area contributed by atoms with E-state index < -0.39 is 5.25 Å². The van der Waals surface area contributed by atoms with Gasteiger partial charge in [0.25, 0.3) is 5.56 Å². The summed E-state index contributed by atoms with van der Waals surface area (Å²) in [7, 11) is 0. The number of thioether (sulfide) groups is 1. The molecular weight excluding hydrogens is 421 g/mol. The average molecular weight is 440 g/mol. The van der Waals surface area contributed by atoms with Crippen molar-refractivity contribution in [1.29, 1.82) is 0 Å². The number of carbonyl (C=O) groups is 1. The zero-order chi connectivity index (χ0) is 21.3. The van der Waals surface area contributed by atoms with E-state index in [4.69, 9.17) is 0 Å². The third-order valence-corrected chi connectivity index (χ3v) is 6.53. The molecule has 0 aliphatic heterocycles. The smallest absolute Gasteiger partial charge is 0.260 e. The lowest BCUT2D eigenvalue weighted by Gasteiger charge is -2.11. The molecule has 2 aromatic carbocycles. The molecule has 4 rings (SSSR count). The number of H-pyrrole nitrogens is 1. The van der Waals surface area contributed by atoms with Crippen molar-refractivity contribution < 1.29 is 9.18 Å². The van der Waals surface area contributed by atoms with Crippen molar-refractivity contribution in [3.63, 3.8) is 0 Å². The van der Waals surface area contributed by atoms with Crippen molar-refractivity contribution >= 4 is 44.9 Å². The zero-order valence-electron chi connectivity index (χ0n) is 16.2. The first-order valence-electron chi connectivity index (χ1n) is 9.24. The van der Waals surface area contributed by atoms with E-state index in [2.05, 4.69) is 15.3 Å². The number of aryl methyl sites for hydroxylation is 1. The second-order valence-corrected chi connectivity index (χ2v) is 9.24. The SMILES string of the molecule is Cc1sc2nc(S[C@H](C)C(=O)Nc3ccc(F)cc3)[nH]c(=O)c2c1-c1ccccc1. The summed E-state index contributed by atoms with van der Waals surface area (Å²) >= 11 is 2.63. The van der Waals surface area contributed by atoms with Crippen LogP contribution in [0.1, 0.15) is 11.8 Å². The Morgan fingerprint density at radius 3 is 2.57 bits per heavy atom. The lowest BCUT2D eigenvalue weighted by atomic mass is 10.0. The molecule has 0 radical (unpaired) electrons. The van der Waals surface area contributed by atoms with E-state index in [1.807, 2.05) is 37.3 Å². The molecule has 30 heavy (non-hydrogen) atoms. The van der Waals surface area contributed by atoms with Crippen molar-refractivity contribution in [3.05, 3.63) is 75.6 Å². The monoisotopic (exact) mass is 439 g/mol. The Hall–Kier alpha value is -2.97. The lowest BCUT2D eigenvalue weighted by molar-refractivity contribution is -0.115. The Kier molecular flexibility index (Phi) is 5.69. The molecule has 4 aromatic rings. The minimum absolute atomic E-state index is 0.225. The number of benzene rings is 2. The number of aromatic nitrogens is 2. The van der Waals surface area contributed by atoms with Crippen LogP contribution in [-0.2, 0) is 4.79 Å². The van der Waals surface area contributed by atoms with Crippen molar-refractivity contribution in [2.24, 2.45) is 0 Å². The first kappa shape index (κ1) is 20.3. The Balaban J connectivity index is 1.59. The van der Waals surface area contributed by atoms with Gasteiger partial charge in [-0.15, -0.1) is 11.3 Å². The number of anilines is 1. The number of rotatable bonds is 5. The van der Waals surface area contributed by atoms with Crippen LogP contribution in [0.25, 0.3) is 21.3 Å². The summed E-state index contributed by atoms with van der Waals surface area (Å²) in [5, 5.41) is 3.17. The fraction of sp³-hybridized carbons (Fsp3) is 0.136. The van der Waals surface area contributed by atoms with Gasteiger partial charge in [0.05, 0.1) is 10.6 Å². The third kappa shape index (κ3) is 4.15. The second kappa shape index (κ2) is 8.41. The molecular formula is C22H18FN3O2S2. The highest BCUT2D eigenvalue weighted by Crippen LogP contribution is 2.36. The Labute approximate surface area is 180 Å². The fourth-order valence-electron chi connectivity index (χ4n) is 3.11. The van der Waals surface area contributed by atoms with Gasteiger partial charge in [-0.2, -0.15) is 0 Å². The number of thiophene rings is 1. The largest absolute Gasteiger partial charge is 0.325 e. The van der Waals surface area contributed by atoms with Crippen LogP contribution in [0, 0.1) is 12.7 Å². The number of hydrogen-bond acceptors (Lipinski definition) is 5. The molecule has 0 unspecified atom stereocenters. The normalized spacial score (nSPS) is 12.1. The minimum Gasteiger partial charge on any atom is -0.325 e. The van der Waals surface area contributed by atoms with Crippen LogP contribution >= 0.6 is 23.1 Å². The van der Waals surface area contributed by atoms with Gasteiger partial charge in [0.15, 0.2) is 5.16 Å². The molecule has 1 atom stereocenters. The number of amides is 1. The molecule has 2 aromatic heterocycles. The molecule has 2 heterocycles. The van der Waals surface area contributed by atoms with E-state index in [-0.39, 0.29) is 17.3 Å². The van der Waals surface area contributed by atoms with Crippen molar-refractivity contribution in [3.8, 4) is 11.1 Å². The topological polar surface area (TPSA) is 74.8 Å². The van der Waals surface area contributed by atoms with E-state index in [9.17, 15) is 14.0 Å². The fourth-order valence-corrected chi connectivity index (χ4v) is 5.01. The summed E-state index contributed by atoms with van der Waals surface area (Å²) in [5.41, 5.74) is 2.15. The highest BCUT2D eigenvalue weighted by molar-refractivity contribution is 8.00. The number of fused-ring (bicyclic) bond motifs is 1. The predicted octanol–water partition coefficient (Wildman–Crippen LogP) is 5.22. The van der Waals surface area contributed by atoms with E-state index in [0.717, 1.165) is 16.0 Å². The highest BCUT2D eigenvalue weighted by Gasteiger charge is 2.20. The number of nitrogens with zero attached hydrogens (tertiary/aromatic N) is 1. The maximum Gasteiger partial charge on any atom is 0.260 e. The zero-order valence-corrected chi connectivity index (χ0v) is 17.9. The van der Waals surface area contributed by atoms with Crippen LogP contribution in [0.3, 0.4) is 0 Å². The molecule has 0 saturated heterocycles. The van der Waals surface area contributed by atoms with Gasteiger partial charge in [0.1, 0.15) is 10.6 Å². The maximum atomic E-state index is 13.0. The summed E-state index contributed by atoms with van der Waals surface area (Å²) in [4.78, 5) is 34.3. The van der Waals surface area contributed by atoms with Gasteiger partial charge >= 0.3 is 0 Å². The van der Waals surface area contributed by atoms with Crippen molar-refractivity contribution in [2.75, 3.05) is 5.32 Å². The number of halogens is 1. The standard InChI is InChI=1S/C22H18FN3O2S2/c1-12-17(14-6-4-3-5-7-14)18-20(28)25-22(26-21(18)29-12)30-13(2)19(27)24-16-10-8-15(23)9-11-16/h3-11,13H,1-2H3,(H,24,27)(H,25,26,28)/t13-/m1/s1. The van der Waals surface area contributed by atoms with Gasteiger partial charge < -0.3 is 10.3 Å².